The van der Waals surface area contributed by atoms with Gasteiger partial charge >= 0.3 is 0 Å². The molecule has 1 aliphatic heterocycles. The van der Waals surface area contributed by atoms with Crippen LogP contribution in [0.2, 0.25) is 0 Å². The average molecular weight is 416 g/mol. The molecule has 1 saturated heterocycles. The molecule has 3 heterocycles. The zero-order valence-corrected chi connectivity index (χ0v) is 17.7. The standard InChI is InChI=1S/C25H25N3OS/c29-25-22-13-5-4-12-21(22)24(23-14-8-16-30-23)26-28(25)18-27-15-7-6-11-20(27)17-19-9-2-1-3-10-19/h1-5,8-10,12-14,16,20H,6-7,11,15,17-18H2. The highest BCUT2D eigenvalue weighted by molar-refractivity contribution is 7.13. The van der Waals surface area contributed by atoms with Crippen LogP contribution in [0.3, 0.4) is 0 Å². The van der Waals surface area contributed by atoms with E-state index in [2.05, 4.69) is 46.7 Å². The zero-order valence-electron chi connectivity index (χ0n) is 16.9. The van der Waals surface area contributed by atoms with E-state index in [9.17, 15) is 4.79 Å². The van der Waals surface area contributed by atoms with Crippen LogP contribution in [-0.4, -0.2) is 27.3 Å². The molecule has 5 heteroatoms. The van der Waals surface area contributed by atoms with Gasteiger partial charge in [0.15, 0.2) is 0 Å². The summed E-state index contributed by atoms with van der Waals surface area (Å²) in [5, 5.41) is 8.58. The van der Waals surface area contributed by atoms with Crippen molar-refractivity contribution in [1.29, 1.82) is 0 Å². The quantitative estimate of drug-likeness (QED) is 0.451. The fraction of sp³-hybridized carbons (Fsp3) is 0.280. The van der Waals surface area contributed by atoms with Gasteiger partial charge in [-0.15, -0.1) is 11.3 Å². The molecule has 2 aromatic heterocycles. The van der Waals surface area contributed by atoms with Crippen molar-refractivity contribution in [2.45, 2.75) is 38.4 Å². The molecule has 4 nitrogen and oxygen atoms in total. The minimum Gasteiger partial charge on any atom is -0.281 e. The van der Waals surface area contributed by atoms with Crippen LogP contribution in [0.4, 0.5) is 0 Å². The fourth-order valence-electron chi connectivity index (χ4n) is 4.46. The van der Waals surface area contributed by atoms with Gasteiger partial charge in [-0.2, -0.15) is 5.10 Å². The van der Waals surface area contributed by atoms with Crippen LogP contribution in [0.1, 0.15) is 24.8 Å². The summed E-state index contributed by atoms with van der Waals surface area (Å²) in [4.78, 5) is 16.8. The molecule has 0 saturated carbocycles. The smallest absolute Gasteiger partial charge is 0.275 e. The highest BCUT2D eigenvalue weighted by Gasteiger charge is 2.24. The van der Waals surface area contributed by atoms with Crippen molar-refractivity contribution in [2.24, 2.45) is 0 Å². The zero-order chi connectivity index (χ0) is 20.3. The predicted molar refractivity (Wildman–Crippen MR) is 124 cm³/mol. The number of hydrogen-bond donors (Lipinski definition) is 0. The first-order valence-electron chi connectivity index (χ1n) is 10.6. The van der Waals surface area contributed by atoms with E-state index in [0.717, 1.165) is 40.7 Å². The van der Waals surface area contributed by atoms with E-state index in [0.29, 0.717) is 12.7 Å². The van der Waals surface area contributed by atoms with Crippen LogP contribution < -0.4 is 5.56 Å². The molecule has 1 unspecified atom stereocenters. The highest BCUT2D eigenvalue weighted by atomic mass is 32.1. The summed E-state index contributed by atoms with van der Waals surface area (Å²) >= 11 is 1.66. The van der Waals surface area contributed by atoms with E-state index in [1.54, 1.807) is 16.0 Å². The molecule has 0 aliphatic carbocycles. The largest absolute Gasteiger partial charge is 0.281 e. The Balaban J connectivity index is 1.51. The lowest BCUT2D eigenvalue weighted by Crippen LogP contribution is -2.44. The first-order valence-corrected chi connectivity index (χ1v) is 11.5. The van der Waals surface area contributed by atoms with Crippen LogP contribution in [-0.2, 0) is 13.1 Å². The number of nitrogens with zero attached hydrogens (tertiary/aromatic N) is 3. The van der Waals surface area contributed by atoms with Gasteiger partial charge in [0.2, 0.25) is 0 Å². The minimum absolute atomic E-state index is 0.00468. The molecule has 0 spiro atoms. The summed E-state index contributed by atoms with van der Waals surface area (Å²) in [6, 6.07) is 23.0. The molecule has 1 atom stereocenters. The Labute approximate surface area is 180 Å². The number of benzene rings is 2. The summed E-state index contributed by atoms with van der Waals surface area (Å²) in [6.07, 6.45) is 4.59. The van der Waals surface area contributed by atoms with Crippen LogP contribution in [0.15, 0.2) is 76.9 Å². The number of hydrogen-bond acceptors (Lipinski definition) is 4. The molecule has 0 N–H and O–H groups in total. The van der Waals surface area contributed by atoms with Gasteiger partial charge < -0.3 is 0 Å². The Morgan fingerprint density at radius 3 is 2.53 bits per heavy atom. The van der Waals surface area contributed by atoms with Crippen molar-refractivity contribution in [2.75, 3.05) is 6.54 Å². The third-order valence-corrected chi connectivity index (χ3v) is 6.88. The van der Waals surface area contributed by atoms with Crippen LogP contribution in [0.25, 0.3) is 21.3 Å². The molecule has 2 aromatic carbocycles. The third-order valence-electron chi connectivity index (χ3n) is 6.00. The lowest BCUT2D eigenvalue weighted by atomic mass is 9.96. The molecule has 5 rings (SSSR count). The van der Waals surface area contributed by atoms with Gasteiger partial charge in [0.1, 0.15) is 5.69 Å². The van der Waals surface area contributed by atoms with Gasteiger partial charge in [-0.1, -0.05) is 61.0 Å². The Morgan fingerprint density at radius 1 is 0.933 bits per heavy atom. The van der Waals surface area contributed by atoms with Gasteiger partial charge in [-0.05, 0) is 42.3 Å². The number of thiophene rings is 1. The van der Waals surface area contributed by atoms with Crippen molar-refractivity contribution in [3.63, 3.8) is 0 Å². The fourth-order valence-corrected chi connectivity index (χ4v) is 5.19. The van der Waals surface area contributed by atoms with Crippen molar-refractivity contribution in [3.05, 3.63) is 88.0 Å². The second-order valence-corrected chi connectivity index (χ2v) is 8.92. The molecule has 4 aromatic rings. The maximum Gasteiger partial charge on any atom is 0.275 e. The lowest BCUT2D eigenvalue weighted by molar-refractivity contribution is 0.102. The van der Waals surface area contributed by atoms with Gasteiger partial charge in [0.25, 0.3) is 5.56 Å². The molecule has 30 heavy (non-hydrogen) atoms. The number of piperidine rings is 1. The SMILES string of the molecule is O=c1c2ccccc2c(-c2cccs2)nn1CN1CCCCC1Cc1ccccc1. The summed E-state index contributed by atoms with van der Waals surface area (Å²) < 4.78 is 1.68. The van der Waals surface area contributed by atoms with Crippen molar-refractivity contribution in [1.82, 2.24) is 14.7 Å². The summed E-state index contributed by atoms with van der Waals surface area (Å²) in [5.74, 6) is 0. The van der Waals surface area contributed by atoms with Gasteiger partial charge in [-0.25, -0.2) is 4.68 Å². The Morgan fingerprint density at radius 2 is 1.73 bits per heavy atom. The molecule has 1 fully saturated rings. The molecular formula is C25H25N3OS. The van der Waals surface area contributed by atoms with Crippen LogP contribution in [0, 0.1) is 0 Å². The molecular weight excluding hydrogens is 390 g/mol. The maximum absolute atomic E-state index is 13.3. The Hall–Kier alpha value is -2.76. The Kier molecular flexibility index (Phi) is 5.47. The second-order valence-electron chi connectivity index (χ2n) is 7.97. The number of fused-ring (bicyclic) bond motifs is 1. The maximum atomic E-state index is 13.3. The van der Waals surface area contributed by atoms with E-state index in [4.69, 9.17) is 5.10 Å². The van der Waals surface area contributed by atoms with Gasteiger partial charge in [-0.3, -0.25) is 9.69 Å². The van der Waals surface area contributed by atoms with Crippen molar-refractivity contribution < 1.29 is 0 Å². The molecule has 0 radical (unpaired) electrons. The highest BCUT2D eigenvalue weighted by Crippen LogP contribution is 2.28. The van der Waals surface area contributed by atoms with E-state index in [1.165, 1.54) is 18.4 Å². The predicted octanol–water partition coefficient (Wildman–Crippen LogP) is 5.18. The Bertz CT molecular complexity index is 1180. The number of rotatable bonds is 5. The van der Waals surface area contributed by atoms with Gasteiger partial charge in [0, 0.05) is 18.0 Å². The number of aromatic nitrogens is 2. The van der Waals surface area contributed by atoms with Crippen molar-refractivity contribution >= 4 is 22.1 Å². The summed E-state index contributed by atoms with van der Waals surface area (Å²) in [6.45, 7) is 1.55. The van der Waals surface area contributed by atoms with Crippen molar-refractivity contribution in [3.8, 4) is 10.6 Å². The van der Waals surface area contributed by atoms with E-state index in [1.807, 2.05) is 30.3 Å². The van der Waals surface area contributed by atoms with E-state index in [-0.39, 0.29) is 5.56 Å². The average Bonchev–Trinajstić information content (AvgIpc) is 3.32. The number of likely N-dealkylation sites (tertiary alicyclic amines) is 1. The summed E-state index contributed by atoms with van der Waals surface area (Å²) in [7, 11) is 0. The molecule has 0 bridgehead atoms. The minimum atomic E-state index is -0.00468. The van der Waals surface area contributed by atoms with Crippen LogP contribution in [0.5, 0.6) is 0 Å². The lowest BCUT2D eigenvalue weighted by Gasteiger charge is -2.35. The van der Waals surface area contributed by atoms with E-state index >= 15 is 0 Å². The van der Waals surface area contributed by atoms with E-state index < -0.39 is 0 Å². The molecule has 1 aliphatic rings. The molecule has 0 amide bonds. The second kappa shape index (κ2) is 8.54. The van der Waals surface area contributed by atoms with Crippen LogP contribution >= 0.6 is 11.3 Å². The normalized spacial score (nSPS) is 17.4. The first kappa shape index (κ1) is 19.2. The first-order chi connectivity index (χ1) is 14.8. The monoisotopic (exact) mass is 415 g/mol. The molecule has 152 valence electrons. The third kappa shape index (κ3) is 3.83. The van der Waals surface area contributed by atoms with Gasteiger partial charge in [0.05, 0.1) is 16.9 Å². The topological polar surface area (TPSA) is 38.1 Å². The summed E-state index contributed by atoms with van der Waals surface area (Å²) in [5.41, 5.74) is 2.25.